The fourth-order valence-electron chi connectivity index (χ4n) is 4.17. The lowest BCUT2D eigenvalue weighted by molar-refractivity contribution is 0.415. The van der Waals surface area contributed by atoms with Crippen molar-refractivity contribution in [3.05, 3.63) is 126 Å². The molecular weight excluding hydrogens is 545 g/mol. The van der Waals surface area contributed by atoms with Gasteiger partial charge in [0.15, 0.2) is 0 Å². The van der Waals surface area contributed by atoms with Crippen molar-refractivity contribution in [2.75, 3.05) is 7.11 Å². The Morgan fingerprint density at radius 2 is 1.54 bits per heavy atom. The summed E-state index contributed by atoms with van der Waals surface area (Å²) < 4.78 is 35.0. The maximum absolute atomic E-state index is 14.1. The summed E-state index contributed by atoms with van der Waals surface area (Å²) in [4.78, 5) is 5.82. The summed E-state index contributed by atoms with van der Waals surface area (Å²) in [5.41, 5.74) is 4.41. The predicted molar refractivity (Wildman–Crippen MR) is 160 cm³/mol. The fraction of sp³-hybridized carbons (Fsp3) is 0.129. The summed E-state index contributed by atoms with van der Waals surface area (Å²) >= 11 is 3.28. The normalized spacial score (nSPS) is 11.4. The first kappa shape index (κ1) is 27.1. The molecule has 0 spiro atoms. The summed E-state index contributed by atoms with van der Waals surface area (Å²) in [6.45, 7) is 1.95. The van der Waals surface area contributed by atoms with E-state index < -0.39 is 10.0 Å². The molecule has 2 heterocycles. The van der Waals surface area contributed by atoms with Crippen LogP contribution in [0.5, 0.6) is 5.75 Å². The summed E-state index contributed by atoms with van der Waals surface area (Å²) in [5.74, 6) is 1.91. The zero-order valence-electron chi connectivity index (χ0n) is 21.7. The van der Waals surface area contributed by atoms with E-state index in [1.807, 2.05) is 79.7 Å². The van der Waals surface area contributed by atoms with E-state index >= 15 is 0 Å². The van der Waals surface area contributed by atoms with Gasteiger partial charge in [0.2, 0.25) is 0 Å². The maximum atomic E-state index is 14.1. The van der Waals surface area contributed by atoms with Crippen molar-refractivity contribution >= 4 is 33.5 Å². The molecule has 3 aromatic carbocycles. The number of ether oxygens (including phenoxy) is 1. The first-order valence-electron chi connectivity index (χ1n) is 12.4. The van der Waals surface area contributed by atoms with E-state index in [2.05, 4.69) is 17.1 Å². The van der Waals surface area contributed by atoms with E-state index in [0.29, 0.717) is 22.9 Å². The first-order chi connectivity index (χ1) is 19.0. The number of aromatic nitrogens is 2. The molecule has 8 heteroatoms. The quantitative estimate of drug-likeness (QED) is 0.160. The Morgan fingerprint density at radius 3 is 2.21 bits per heavy atom. The van der Waals surface area contributed by atoms with E-state index in [1.54, 1.807) is 55.2 Å². The fourth-order valence-corrected chi connectivity index (χ4v) is 7.45. The number of thioether (sulfide) groups is 2. The van der Waals surface area contributed by atoms with E-state index in [4.69, 9.17) is 4.74 Å². The van der Waals surface area contributed by atoms with Gasteiger partial charge in [0.05, 0.1) is 22.7 Å². The van der Waals surface area contributed by atoms with Crippen molar-refractivity contribution in [2.24, 2.45) is 0 Å². The van der Waals surface area contributed by atoms with Crippen LogP contribution < -0.4 is 4.74 Å². The summed E-state index contributed by atoms with van der Waals surface area (Å²) in [6, 6.07) is 30.5. The van der Waals surface area contributed by atoms with Gasteiger partial charge in [-0.3, -0.25) is 0 Å². The van der Waals surface area contributed by atoms with Crippen LogP contribution in [-0.4, -0.2) is 24.5 Å². The molecule has 0 fully saturated rings. The Morgan fingerprint density at radius 1 is 0.821 bits per heavy atom. The van der Waals surface area contributed by atoms with Crippen LogP contribution in [-0.2, 0) is 21.5 Å². The molecule has 0 N–H and O–H groups in total. The molecule has 39 heavy (non-hydrogen) atoms. The average molecular weight is 573 g/mol. The molecule has 0 aliphatic heterocycles. The Kier molecular flexibility index (Phi) is 8.45. The van der Waals surface area contributed by atoms with Crippen molar-refractivity contribution in [3.8, 4) is 17.0 Å². The zero-order valence-corrected chi connectivity index (χ0v) is 24.1. The Bertz CT molecular complexity index is 1630. The molecule has 5 aromatic rings. The van der Waals surface area contributed by atoms with Gasteiger partial charge in [-0.25, -0.2) is 17.4 Å². The number of nitrogens with zero attached hydrogens (tertiary/aromatic N) is 2. The molecule has 0 atom stereocenters. The minimum absolute atomic E-state index is 0.254. The molecule has 0 aliphatic carbocycles. The monoisotopic (exact) mass is 572 g/mol. The van der Waals surface area contributed by atoms with Gasteiger partial charge in [0, 0.05) is 28.8 Å². The molecular formula is C31H28N2O3S3. The molecule has 0 aliphatic rings. The minimum Gasteiger partial charge on any atom is -0.497 e. The molecule has 5 rings (SSSR count). The average Bonchev–Trinajstić information content (AvgIpc) is 3.35. The summed E-state index contributed by atoms with van der Waals surface area (Å²) in [5, 5.41) is 0.888. The van der Waals surface area contributed by atoms with Gasteiger partial charge < -0.3 is 4.74 Å². The molecule has 0 radical (unpaired) electrons. The molecule has 0 bridgehead atoms. The summed E-state index contributed by atoms with van der Waals surface area (Å²) in [7, 11) is -2.25. The molecule has 0 saturated carbocycles. The molecule has 0 unspecified atom stereocenters. The zero-order chi connectivity index (χ0) is 27.2. The highest BCUT2D eigenvalue weighted by molar-refractivity contribution is 7.99. The molecule has 198 valence electrons. The van der Waals surface area contributed by atoms with Gasteiger partial charge in [0.1, 0.15) is 5.75 Å². The maximum Gasteiger partial charge on any atom is 0.268 e. The lowest BCUT2D eigenvalue weighted by Gasteiger charge is -2.14. The second-order valence-corrected chi connectivity index (χ2v) is 12.7. The summed E-state index contributed by atoms with van der Waals surface area (Å²) in [6.07, 6.45) is 3.55. The highest BCUT2D eigenvalue weighted by Crippen LogP contribution is 2.38. The van der Waals surface area contributed by atoms with E-state index in [9.17, 15) is 8.42 Å². The highest BCUT2D eigenvalue weighted by atomic mass is 32.2. The Hall–Kier alpha value is -3.46. The van der Waals surface area contributed by atoms with E-state index in [-0.39, 0.29) is 4.90 Å². The third kappa shape index (κ3) is 6.24. The lowest BCUT2D eigenvalue weighted by atomic mass is 10.1. The number of benzene rings is 3. The Balaban J connectivity index is 1.66. The predicted octanol–water partition coefficient (Wildman–Crippen LogP) is 7.69. The van der Waals surface area contributed by atoms with Crippen molar-refractivity contribution in [1.82, 2.24) is 8.96 Å². The molecule has 0 saturated heterocycles. The van der Waals surface area contributed by atoms with E-state index in [0.717, 1.165) is 32.2 Å². The minimum atomic E-state index is -3.87. The van der Waals surface area contributed by atoms with Crippen molar-refractivity contribution in [3.63, 3.8) is 0 Å². The van der Waals surface area contributed by atoms with Crippen molar-refractivity contribution in [1.29, 1.82) is 0 Å². The standard InChI is InChI=1S/C31H28N2O3S3/c1-23-11-17-28(18-12-23)39(34,35)33-20-25(21-38-30-10-6-7-19-32-30)29(22-37-27-8-4-3-5-9-27)31(33)24-13-15-26(36-2)16-14-24/h3-20H,21-22H2,1-2H3. The largest absolute Gasteiger partial charge is 0.497 e. The third-order valence-electron chi connectivity index (χ3n) is 6.25. The van der Waals surface area contributed by atoms with Gasteiger partial charge >= 0.3 is 0 Å². The molecule has 5 nitrogen and oxygen atoms in total. The number of hydrogen-bond donors (Lipinski definition) is 0. The van der Waals surface area contributed by atoms with Crippen molar-refractivity contribution in [2.45, 2.75) is 33.2 Å². The SMILES string of the molecule is COc1ccc(-c2c(CSc3ccccc3)c(CSc3ccccn3)cn2S(=O)(=O)c2ccc(C)cc2)cc1. The molecule has 2 aromatic heterocycles. The third-order valence-corrected chi connectivity index (χ3v) is 9.95. The highest BCUT2D eigenvalue weighted by Gasteiger charge is 2.26. The number of pyridine rings is 1. The van der Waals surface area contributed by atoms with Gasteiger partial charge in [-0.2, -0.15) is 0 Å². The number of hydrogen-bond acceptors (Lipinski definition) is 6. The van der Waals surface area contributed by atoms with Crippen LogP contribution in [0.25, 0.3) is 11.3 Å². The second kappa shape index (κ2) is 12.2. The van der Waals surface area contributed by atoms with Gasteiger partial charge in [-0.05, 0) is 84.3 Å². The van der Waals surface area contributed by atoms with Gasteiger partial charge in [0.25, 0.3) is 10.0 Å². The topological polar surface area (TPSA) is 61.2 Å². The van der Waals surface area contributed by atoms with Crippen molar-refractivity contribution < 1.29 is 13.2 Å². The van der Waals surface area contributed by atoms with Crippen LogP contribution in [0.2, 0.25) is 0 Å². The lowest BCUT2D eigenvalue weighted by Crippen LogP contribution is -2.13. The van der Waals surface area contributed by atoms with Crippen LogP contribution in [0.1, 0.15) is 16.7 Å². The van der Waals surface area contributed by atoms with E-state index in [1.165, 1.54) is 3.97 Å². The van der Waals surface area contributed by atoms with Gasteiger partial charge in [-0.15, -0.1) is 23.5 Å². The van der Waals surface area contributed by atoms with Crippen LogP contribution in [0.4, 0.5) is 0 Å². The van der Waals surface area contributed by atoms with Crippen LogP contribution >= 0.6 is 23.5 Å². The van der Waals surface area contributed by atoms with Gasteiger partial charge in [-0.1, -0.05) is 42.0 Å². The number of methoxy groups -OCH3 is 1. The smallest absolute Gasteiger partial charge is 0.268 e. The van der Waals surface area contributed by atoms with Crippen LogP contribution in [0.3, 0.4) is 0 Å². The second-order valence-electron chi connectivity index (χ2n) is 8.88. The van der Waals surface area contributed by atoms with Crippen LogP contribution in [0, 0.1) is 6.92 Å². The number of rotatable bonds is 10. The van der Waals surface area contributed by atoms with Crippen LogP contribution in [0.15, 0.2) is 124 Å². The molecule has 0 amide bonds. The number of aryl methyl sites for hydroxylation is 1. The first-order valence-corrected chi connectivity index (χ1v) is 15.8. The Labute approximate surface area is 238 Å².